The molecule has 170 valence electrons. The predicted octanol–water partition coefficient (Wildman–Crippen LogP) is 1.85. The highest BCUT2D eigenvalue weighted by Crippen LogP contribution is 2.12. The number of rotatable bonds is 8. The first-order chi connectivity index (χ1) is 15.8. The third-order valence-electron chi connectivity index (χ3n) is 4.58. The summed E-state index contributed by atoms with van der Waals surface area (Å²) in [5.41, 5.74) is 1.54. The number of esters is 1. The van der Waals surface area contributed by atoms with Gasteiger partial charge in [-0.1, -0.05) is 42.5 Å². The van der Waals surface area contributed by atoms with E-state index < -0.39 is 21.9 Å². The van der Waals surface area contributed by atoms with Crippen LogP contribution in [0.5, 0.6) is 0 Å². The molecule has 0 fully saturated rings. The number of carbonyl (C=O) groups excluding carboxylic acids is 3. The van der Waals surface area contributed by atoms with Crippen LogP contribution < -0.4 is 10.0 Å². The number of nitrogens with zero attached hydrogens (tertiary/aromatic N) is 1. The fraction of sp³-hybridized carbons (Fsp3) is 0.130. The number of nitrogens with one attached hydrogen (secondary N) is 2. The van der Waals surface area contributed by atoms with E-state index >= 15 is 0 Å². The van der Waals surface area contributed by atoms with Crippen LogP contribution in [-0.2, 0) is 32.5 Å². The van der Waals surface area contributed by atoms with E-state index in [1.807, 2.05) is 35.1 Å². The Hall–Kier alpha value is -4.05. The molecule has 1 heterocycles. The topological polar surface area (TPSA) is 132 Å². The van der Waals surface area contributed by atoms with Crippen molar-refractivity contribution < 1.29 is 27.5 Å². The lowest BCUT2D eigenvalue weighted by Crippen LogP contribution is -2.30. The van der Waals surface area contributed by atoms with Crippen molar-refractivity contribution in [3.05, 3.63) is 95.3 Å². The maximum Gasteiger partial charge on any atom is 0.356 e. The van der Waals surface area contributed by atoms with Crippen molar-refractivity contribution in [1.29, 1.82) is 0 Å². The monoisotopic (exact) mass is 467 g/mol. The Morgan fingerprint density at radius 3 is 2.21 bits per heavy atom. The molecule has 0 bridgehead atoms. The quantitative estimate of drug-likeness (QED) is 0.483. The van der Waals surface area contributed by atoms with Gasteiger partial charge in [0.25, 0.3) is 15.9 Å². The van der Waals surface area contributed by atoms with Crippen molar-refractivity contribution in [3.63, 3.8) is 0 Å². The van der Waals surface area contributed by atoms with E-state index in [1.165, 1.54) is 31.4 Å². The van der Waals surface area contributed by atoms with E-state index in [-0.39, 0.29) is 35.0 Å². The molecule has 0 aliphatic carbocycles. The Morgan fingerprint density at radius 2 is 1.61 bits per heavy atom. The molecule has 10 heteroatoms. The Balaban J connectivity index is 1.58. The van der Waals surface area contributed by atoms with Gasteiger partial charge in [0.1, 0.15) is 5.69 Å². The van der Waals surface area contributed by atoms with Crippen molar-refractivity contribution in [2.24, 2.45) is 0 Å². The average Bonchev–Trinajstić information content (AvgIpc) is 2.83. The standard InChI is InChI=1S/C23H21N3O6S/c1-32-23(29)20-12-9-18(15-24-20)22(28)26-33(30,31)19-10-7-17(8-11-19)14-25-21(27)13-16-5-3-2-4-6-16/h2-12,15H,13-14H2,1H3,(H,25,27)(H,26,28). The van der Waals surface area contributed by atoms with Gasteiger partial charge in [0.05, 0.1) is 24.0 Å². The van der Waals surface area contributed by atoms with Crippen molar-refractivity contribution in [2.75, 3.05) is 7.11 Å². The molecule has 0 aliphatic heterocycles. The summed E-state index contributed by atoms with van der Waals surface area (Å²) in [5.74, 6) is -1.72. The molecule has 3 aromatic rings. The average molecular weight is 468 g/mol. The minimum absolute atomic E-state index is 0.0108. The molecule has 2 aromatic carbocycles. The van der Waals surface area contributed by atoms with Gasteiger partial charge >= 0.3 is 5.97 Å². The number of sulfonamides is 1. The van der Waals surface area contributed by atoms with Crippen LogP contribution in [-0.4, -0.2) is 38.3 Å². The van der Waals surface area contributed by atoms with Gasteiger partial charge in [0, 0.05) is 12.7 Å². The fourth-order valence-corrected chi connectivity index (χ4v) is 3.80. The summed E-state index contributed by atoms with van der Waals surface area (Å²) in [6.07, 6.45) is 1.33. The van der Waals surface area contributed by atoms with Crippen LogP contribution in [0, 0.1) is 0 Å². The molecular formula is C23H21N3O6S. The van der Waals surface area contributed by atoms with Crippen LogP contribution in [0.15, 0.2) is 77.8 Å². The van der Waals surface area contributed by atoms with Gasteiger partial charge in [-0.3, -0.25) is 9.59 Å². The van der Waals surface area contributed by atoms with Crippen molar-refractivity contribution in [1.82, 2.24) is 15.0 Å². The lowest BCUT2D eigenvalue weighted by molar-refractivity contribution is -0.120. The number of amides is 2. The number of hydrogen-bond donors (Lipinski definition) is 2. The molecule has 0 spiro atoms. The lowest BCUT2D eigenvalue weighted by Gasteiger charge is -2.09. The molecule has 0 saturated carbocycles. The highest BCUT2D eigenvalue weighted by atomic mass is 32.2. The van der Waals surface area contributed by atoms with Gasteiger partial charge in [-0.15, -0.1) is 0 Å². The minimum atomic E-state index is -4.13. The summed E-state index contributed by atoms with van der Waals surface area (Å²) in [5, 5.41) is 2.78. The number of aromatic nitrogens is 1. The largest absolute Gasteiger partial charge is 0.464 e. The number of ether oxygens (including phenoxy) is 1. The number of hydrogen-bond acceptors (Lipinski definition) is 7. The second-order valence-electron chi connectivity index (χ2n) is 6.94. The Bertz CT molecular complexity index is 1240. The second-order valence-corrected chi connectivity index (χ2v) is 8.62. The van der Waals surface area contributed by atoms with Crippen LogP contribution in [0.4, 0.5) is 0 Å². The van der Waals surface area contributed by atoms with E-state index in [1.54, 1.807) is 12.1 Å². The summed E-state index contributed by atoms with van der Waals surface area (Å²) in [6, 6.07) is 17.6. The number of methoxy groups -OCH3 is 1. The molecule has 9 nitrogen and oxygen atoms in total. The van der Waals surface area contributed by atoms with Gasteiger partial charge in [-0.25, -0.2) is 22.9 Å². The van der Waals surface area contributed by atoms with E-state index in [9.17, 15) is 22.8 Å². The maximum absolute atomic E-state index is 12.5. The number of pyridine rings is 1. The first-order valence-corrected chi connectivity index (χ1v) is 11.3. The summed E-state index contributed by atoms with van der Waals surface area (Å²) in [7, 11) is -2.94. The highest BCUT2D eigenvalue weighted by molar-refractivity contribution is 7.90. The van der Waals surface area contributed by atoms with E-state index in [0.29, 0.717) is 5.56 Å². The molecule has 2 N–H and O–H groups in total. The predicted molar refractivity (Wildman–Crippen MR) is 119 cm³/mol. The van der Waals surface area contributed by atoms with Crippen molar-refractivity contribution >= 4 is 27.8 Å². The van der Waals surface area contributed by atoms with Gasteiger partial charge in [0.2, 0.25) is 5.91 Å². The number of benzene rings is 2. The molecule has 0 unspecified atom stereocenters. The molecule has 0 radical (unpaired) electrons. The molecule has 1 aromatic heterocycles. The molecule has 2 amide bonds. The summed E-state index contributed by atoms with van der Waals surface area (Å²) >= 11 is 0. The zero-order chi connectivity index (χ0) is 23.8. The zero-order valence-corrected chi connectivity index (χ0v) is 18.5. The van der Waals surface area contributed by atoms with Gasteiger partial charge < -0.3 is 10.1 Å². The molecule has 0 atom stereocenters. The summed E-state index contributed by atoms with van der Waals surface area (Å²) in [4.78, 5) is 39.4. The van der Waals surface area contributed by atoms with Crippen LogP contribution in [0.25, 0.3) is 0 Å². The Labute approximate surface area is 190 Å². The first kappa shape index (κ1) is 23.6. The molecule has 33 heavy (non-hydrogen) atoms. The summed E-state index contributed by atoms with van der Waals surface area (Å²) in [6.45, 7) is 0.233. The van der Waals surface area contributed by atoms with E-state index in [4.69, 9.17) is 0 Å². The minimum Gasteiger partial charge on any atom is -0.464 e. The van der Waals surface area contributed by atoms with Crippen LogP contribution in [0.1, 0.15) is 32.0 Å². The third kappa shape index (κ3) is 6.47. The zero-order valence-electron chi connectivity index (χ0n) is 17.6. The Kier molecular flexibility index (Phi) is 7.52. The lowest BCUT2D eigenvalue weighted by atomic mass is 10.1. The normalized spacial score (nSPS) is 10.8. The molecule has 0 aliphatic rings. The second kappa shape index (κ2) is 10.5. The Morgan fingerprint density at radius 1 is 0.909 bits per heavy atom. The van der Waals surface area contributed by atoms with Crippen molar-refractivity contribution in [2.45, 2.75) is 17.9 Å². The van der Waals surface area contributed by atoms with Gasteiger partial charge in [-0.2, -0.15) is 0 Å². The highest BCUT2D eigenvalue weighted by Gasteiger charge is 2.19. The van der Waals surface area contributed by atoms with E-state index in [0.717, 1.165) is 11.8 Å². The first-order valence-electron chi connectivity index (χ1n) is 9.79. The van der Waals surface area contributed by atoms with Crippen LogP contribution >= 0.6 is 0 Å². The van der Waals surface area contributed by atoms with Gasteiger partial charge in [-0.05, 0) is 35.4 Å². The molecule has 3 rings (SSSR count). The summed E-state index contributed by atoms with van der Waals surface area (Å²) < 4.78 is 31.5. The molecule has 0 saturated heterocycles. The number of carbonyl (C=O) groups is 3. The third-order valence-corrected chi connectivity index (χ3v) is 5.92. The smallest absolute Gasteiger partial charge is 0.356 e. The fourth-order valence-electron chi connectivity index (χ4n) is 2.82. The van der Waals surface area contributed by atoms with E-state index in [2.05, 4.69) is 15.0 Å². The van der Waals surface area contributed by atoms with Crippen LogP contribution in [0.2, 0.25) is 0 Å². The van der Waals surface area contributed by atoms with Gasteiger partial charge in [0.15, 0.2) is 0 Å². The SMILES string of the molecule is COC(=O)c1ccc(C(=O)NS(=O)(=O)c2ccc(CNC(=O)Cc3ccccc3)cc2)cn1. The maximum atomic E-state index is 12.5. The van der Waals surface area contributed by atoms with Crippen LogP contribution in [0.3, 0.4) is 0 Å². The molecular weight excluding hydrogens is 446 g/mol. The van der Waals surface area contributed by atoms with Crippen molar-refractivity contribution in [3.8, 4) is 0 Å².